The zero-order valence-corrected chi connectivity index (χ0v) is 10.0. The van der Waals surface area contributed by atoms with Gasteiger partial charge in [0.2, 0.25) is 0 Å². The van der Waals surface area contributed by atoms with Crippen LogP contribution in [0.2, 0.25) is 5.02 Å². The fourth-order valence-corrected chi connectivity index (χ4v) is 1.52. The molecule has 0 radical (unpaired) electrons. The molecule has 0 aromatic heterocycles. The van der Waals surface area contributed by atoms with E-state index in [0.29, 0.717) is 10.7 Å². The van der Waals surface area contributed by atoms with Crippen LogP contribution >= 0.6 is 11.6 Å². The van der Waals surface area contributed by atoms with Crippen molar-refractivity contribution in [3.05, 3.63) is 29.3 Å². The van der Waals surface area contributed by atoms with Crippen molar-refractivity contribution in [1.29, 1.82) is 0 Å². The van der Waals surface area contributed by atoms with Crippen molar-refractivity contribution in [3.63, 3.8) is 0 Å². The van der Waals surface area contributed by atoms with Crippen LogP contribution in [0.4, 0.5) is 10.5 Å². The first-order valence-electron chi connectivity index (χ1n) is 5.20. The number of benzene rings is 1. The molecule has 0 heterocycles. The number of halogens is 1. The van der Waals surface area contributed by atoms with Gasteiger partial charge in [0.15, 0.2) is 0 Å². The number of nitrogens with one attached hydrogen (secondary N) is 1. The van der Waals surface area contributed by atoms with Crippen molar-refractivity contribution in [3.8, 4) is 0 Å². The van der Waals surface area contributed by atoms with E-state index < -0.39 is 0 Å². The number of carbonyl (C=O) groups excluding carboxylic acids is 1. The van der Waals surface area contributed by atoms with Gasteiger partial charge in [-0.1, -0.05) is 17.7 Å². The average molecular weight is 259 g/mol. The first kappa shape index (κ1) is 13.8. The third-order valence-corrected chi connectivity index (χ3v) is 2.34. The van der Waals surface area contributed by atoms with Gasteiger partial charge < -0.3 is 20.4 Å². The van der Waals surface area contributed by atoms with Crippen LogP contribution in [0.25, 0.3) is 0 Å². The molecule has 0 bridgehead atoms. The summed E-state index contributed by atoms with van der Waals surface area (Å²) in [7, 11) is 0. The lowest BCUT2D eigenvalue weighted by atomic mass is 10.3. The van der Waals surface area contributed by atoms with Gasteiger partial charge in [0.1, 0.15) is 0 Å². The summed E-state index contributed by atoms with van der Waals surface area (Å²) in [5.41, 5.74) is 0.573. The number of carbonyl (C=O) groups is 1. The van der Waals surface area contributed by atoms with Crippen LogP contribution in [-0.4, -0.2) is 47.4 Å². The second-order valence-electron chi connectivity index (χ2n) is 3.37. The molecule has 94 valence electrons. The van der Waals surface area contributed by atoms with Crippen LogP contribution in [0.3, 0.4) is 0 Å². The van der Waals surface area contributed by atoms with Crippen molar-refractivity contribution in [1.82, 2.24) is 4.90 Å². The molecule has 2 amide bonds. The minimum absolute atomic E-state index is 0.150. The first-order chi connectivity index (χ1) is 8.17. The van der Waals surface area contributed by atoms with Crippen LogP contribution < -0.4 is 5.32 Å². The van der Waals surface area contributed by atoms with Gasteiger partial charge in [0, 0.05) is 23.8 Å². The normalized spacial score (nSPS) is 10.1. The summed E-state index contributed by atoms with van der Waals surface area (Å²) in [5, 5.41) is 20.8. The Balaban J connectivity index is 2.62. The van der Waals surface area contributed by atoms with Gasteiger partial charge in [-0.05, 0) is 18.2 Å². The van der Waals surface area contributed by atoms with E-state index in [4.69, 9.17) is 21.8 Å². The lowest BCUT2D eigenvalue weighted by Crippen LogP contribution is -2.38. The van der Waals surface area contributed by atoms with Crippen molar-refractivity contribution < 1.29 is 15.0 Å². The molecule has 0 saturated carbocycles. The summed E-state index contributed by atoms with van der Waals surface area (Å²) in [6, 6.07) is 6.38. The number of aliphatic hydroxyl groups excluding tert-OH is 2. The van der Waals surface area contributed by atoms with Gasteiger partial charge in [0.05, 0.1) is 13.2 Å². The van der Waals surface area contributed by atoms with E-state index in [0.717, 1.165) is 0 Å². The molecule has 0 atom stereocenters. The second-order valence-corrected chi connectivity index (χ2v) is 3.81. The molecule has 6 heteroatoms. The molecule has 1 rings (SSSR count). The number of nitrogens with zero attached hydrogens (tertiary/aromatic N) is 1. The summed E-state index contributed by atoms with van der Waals surface area (Å²) in [4.78, 5) is 13.1. The molecule has 1 aromatic carbocycles. The molecule has 0 aliphatic rings. The average Bonchev–Trinajstić information content (AvgIpc) is 2.28. The Hall–Kier alpha value is -1.30. The van der Waals surface area contributed by atoms with Crippen molar-refractivity contribution >= 4 is 23.3 Å². The maximum absolute atomic E-state index is 11.8. The minimum Gasteiger partial charge on any atom is -0.395 e. The van der Waals surface area contributed by atoms with E-state index in [1.807, 2.05) is 0 Å². The minimum atomic E-state index is -0.379. The highest BCUT2D eigenvalue weighted by Crippen LogP contribution is 2.15. The topological polar surface area (TPSA) is 72.8 Å². The van der Waals surface area contributed by atoms with Gasteiger partial charge in [-0.25, -0.2) is 4.79 Å². The second kappa shape index (κ2) is 7.11. The van der Waals surface area contributed by atoms with E-state index in [-0.39, 0.29) is 32.3 Å². The summed E-state index contributed by atoms with van der Waals surface area (Å²) in [5.74, 6) is 0. The number of urea groups is 1. The molecule has 17 heavy (non-hydrogen) atoms. The lowest BCUT2D eigenvalue weighted by Gasteiger charge is -2.21. The third-order valence-electron chi connectivity index (χ3n) is 2.10. The van der Waals surface area contributed by atoms with Crippen LogP contribution in [0, 0.1) is 0 Å². The Morgan fingerprint density at radius 2 is 1.94 bits per heavy atom. The van der Waals surface area contributed by atoms with Crippen molar-refractivity contribution in [2.24, 2.45) is 0 Å². The van der Waals surface area contributed by atoms with Crippen molar-refractivity contribution in [2.75, 3.05) is 31.6 Å². The number of amides is 2. The number of rotatable bonds is 5. The fraction of sp³-hybridized carbons (Fsp3) is 0.364. The SMILES string of the molecule is O=C(Nc1cccc(Cl)c1)N(CCO)CCO. The molecule has 0 aliphatic carbocycles. The maximum atomic E-state index is 11.8. The predicted octanol–water partition coefficient (Wildman–Crippen LogP) is 1.16. The Labute approximate surface area is 105 Å². The van der Waals surface area contributed by atoms with Gasteiger partial charge in [-0.2, -0.15) is 0 Å². The highest BCUT2D eigenvalue weighted by molar-refractivity contribution is 6.30. The fourth-order valence-electron chi connectivity index (χ4n) is 1.33. The van der Waals surface area contributed by atoms with Crippen LogP contribution in [-0.2, 0) is 0 Å². The first-order valence-corrected chi connectivity index (χ1v) is 5.58. The van der Waals surface area contributed by atoms with Crippen LogP contribution in [0.1, 0.15) is 0 Å². The molecule has 1 aromatic rings. The van der Waals surface area contributed by atoms with E-state index in [2.05, 4.69) is 5.32 Å². The molecular weight excluding hydrogens is 244 g/mol. The molecule has 5 nitrogen and oxygen atoms in total. The molecular formula is C11H15ClN2O3. The summed E-state index contributed by atoms with van der Waals surface area (Å²) < 4.78 is 0. The Bertz CT molecular complexity index is 367. The molecule has 0 aliphatic heterocycles. The lowest BCUT2D eigenvalue weighted by molar-refractivity contribution is 0.167. The van der Waals surface area contributed by atoms with E-state index in [9.17, 15) is 4.79 Å². The van der Waals surface area contributed by atoms with E-state index in [1.54, 1.807) is 24.3 Å². The molecule has 0 unspecified atom stereocenters. The Morgan fingerprint density at radius 3 is 2.47 bits per heavy atom. The summed E-state index contributed by atoms with van der Waals surface area (Å²) in [6.45, 7) is 0.0475. The maximum Gasteiger partial charge on any atom is 0.322 e. The summed E-state index contributed by atoms with van der Waals surface area (Å²) >= 11 is 5.79. The van der Waals surface area contributed by atoms with E-state index in [1.165, 1.54) is 4.90 Å². The van der Waals surface area contributed by atoms with Gasteiger partial charge in [0.25, 0.3) is 0 Å². The Kier molecular flexibility index (Phi) is 5.76. The van der Waals surface area contributed by atoms with Gasteiger partial charge in [-0.15, -0.1) is 0 Å². The number of hydrogen-bond acceptors (Lipinski definition) is 3. The Morgan fingerprint density at radius 1 is 1.29 bits per heavy atom. The standard InChI is InChI=1S/C11H15ClN2O3/c12-9-2-1-3-10(8-9)13-11(17)14(4-6-15)5-7-16/h1-3,8,15-16H,4-7H2,(H,13,17). The van der Waals surface area contributed by atoms with E-state index >= 15 is 0 Å². The monoisotopic (exact) mass is 258 g/mol. The third kappa shape index (κ3) is 4.60. The highest BCUT2D eigenvalue weighted by atomic mass is 35.5. The molecule has 0 fully saturated rings. The van der Waals surface area contributed by atoms with Gasteiger partial charge >= 0.3 is 6.03 Å². The van der Waals surface area contributed by atoms with Gasteiger partial charge in [-0.3, -0.25) is 0 Å². The quantitative estimate of drug-likeness (QED) is 0.742. The van der Waals surface area contributed by atoms with Crippen molar-refractivity contribution in [2.45, 2.75) is 0 Å². The summed E-state index contributed by atoms with van der Waals surface area (Å²) in [6.07, 6.45) is 0. The zero-order valence-electron chi connectivity index (χ0n) is 9.27. The largest absolute Gasteiger partial charge is 0.395 e. The van der Waals surface area contributed by atoms with Crippen LogP contribution in [0.15, 0.2) is 24.3 Å². The number of hydrogen-bond donors (Lipinski definition) is 3. The van der Waals surface area contributed by atoms with Crippen LogP contribution in [0.5, 0.6) is 0 Å². The molecule has 0 spiro atoms. The molecule has 0 saturated heterocycles. The zero-order chi connectivity index (χ0) is 12.7. The number of aliphatic hydroxyl groups is 2. The smallest absolute Gasteiger partial charge is 0.322 e. The number of anilines is 1. The predicted molar refractivity (Wildman–Crippen MR) is 66.2 cm³/mol. The highest BCUT2D eigenvalue weighted by Gasteiger charge is 2.12. The molecule has 3 N–H and O–H groups in total.